The van der Waals surface area contributed by atoms with Gasteiger partial charge in [0.2, 0.25) is 0 Å². The van der Waals surface area contributed by atoms with Gasteiger partial charge in [-0.25, -0.2) is 4.98 Å². The summed E-state index contributed by atoms with van der Waals surface area (Å²) in [7, 11) is 0. The number of fused-ring (bicyclic) bond motifs is 1. The Morgan fingerprint density at radius 3 is 2.75 bits per heavy atom. The van der Waals surface area contributed by atoms with E-state index in [1.807, 2.05) is 6.07 Å². The minimum absolute atomic E-state index is 0.0323. The van der Waals surface area contributed by atoms with Gasteiger partial charge in [0.1, 0.15) is 5.69 Å². The Bertz CT molecular complexity index is 618. The van der Waals surface area contributed by atoms with Crippen LogP contribution in [0, 0.1) is 5.92 Å². The van der Waals surface area contributed by atoms with Crippen LogP contribution in [0.2, 0.25) is 0 Å². The highest BCUT2D eigenvalue weighted by atomic mass is 16.1. The molecule has 0 radical (unpaired) electrons. The molecular formula is C20H31N3O. The fourth-order valence-electron chi connectivity index (χ4n) is 4.37. The van der Waals surface area contributed by atoms with Gasteiger partial charge < -0.3 is 11.1 Å². The topological polar surface area (TPSA) is 68.0 Å². The predicted octanol–water partition coefficient (Wildman–Crippen LogP) is 3.46. The van der Waals surface area contributed by atoms with Gasteiger partial charge in [0, 0.05) is 18.0 Å². The minimum Gasteiger partial charge on any atom is -0.364 e. The molecule has 1 saturated carbocycles. The number of hydrogen-bond donors (Lipinski definition) is 2. The molecule has 24 heavy (non-hydrogen) atoms. The molecule has 1 fully saturated rings. The first-order valence-corrected chi connectivity index (χ1v) is 9.45. The lowest BCUT2D eigenvalue weighted by molar-refractivity contribution is 0.0995. The first kappa shape index (κ1) is 17.4. The van der Waals surface area contributed by atoms with Crippen LogP contribution in [0.1, 0.15) is 86.6 Å². The molecule has 1 aromatic heterocycles. The van der Waals surface area contributed by atoms with Crippen LogP contribution in [0.3, 0.4) is 0 Å². The lowest BCUT2D eigenvalue weighted by Gasteiger charge is -2.28. The molecule has 1 heterocycles. The van der Waals surface area contributed by atoms with Crippen LogP contribution < -0.4 is 11.1 Å². The Hall–Kier alpha value is -1.42. The van der Waals surface area contributed by atoms with Gasteiger partial charge in [-0.1, -0.05) is 33.1 Å². The van der Waals surface area contributed by atoms with Gasteiger partial charge >= 0.3 is 0 Å². The lowest BCUT2D eigenvalue weighted by Crippen LogP contribution is -2.34. The Morgan fingerprint density at radius 1 is 1.38 bits per heavy atom. The summed E-state index contributed by atoms with van der Waals surface area (Å²) in [5.41, 5.74) is 9.56. The molecule has 1 amide bonds. The summed E-state index contributed by atoms with van der Waals surface area (Å²) in [6, 6.07) is 2.42. The number of nitrogens with zero attached hydrogens (tertiary/aromatic N) is 1. The molecule has 2 aliphatic carbocycles. The lowest BCUT2D eigenvalue weighted by atomic mass is 9.84. The molecular weight excluding hydrogens is 298 g/mol. The van der Waals surface area contributed by atoms with Crippen molar-refractivity contribution in [2.75, 3.05) is 0 Å². The maximum absolute atomic E-state index is 11.7. The second-order valence-electron chi connectivity index (χ2n) is 8.31. The molecule has 0 unspecified atom stereocenters. The van der Waals surface area contributed by atoms with E-state index in [0.717, 1.165) is 31.0 Å². The molecule has 0 aliphatic heterocycles. The maximum Gasteiger partial charge on any atom is 0.267 e. The van der Waals surface area contributed by atoms with Crippen molar-refractivity contribution in [3.05, 3.63) is 28.6 Å². The van der Waals surface area contributed by atoms with Gasteiger partial charge in [0.25, 0.3) is 5.91 Å². The van der Waals surface area contributed by atoms with Gasteiger partial charge in [0.15, 0.2) is 0 Å². The number of nitrogens with one attached hydrogen (secondary N) is 1. The third-order valence-electron chi connectivity index (χ3n) is 6.08. The molecule has 1 atom stereocenters. The van der Waals surface area contributed by atoms with Gasteiger partial charge in [-0.15, -0.1) is 0 Å². The Labute approximate surface area is 145 Å². The summed E-state index contributed by atoms with van der Waals surface area (Å²) in [5.74, 6) is 0.350. The van der Waals surface area contributed by atoms with Crippen LogP contribution in [0.5, 0.6) is 0 Å². The fraction of sp³-hybridized carbons (Fsp3) is 0.700. The number of primary amides is 1. The molecule has 2 aliphatic rings. The smallest absolute Gasteiger partial charge is 0.267 e. The van der Waals surface area contributed by atoms with E-state index in [1.165, 1.54) is 43.2 Å². The van der Waals surface area contributed by atoms with Crippen molar-refractivity contribution in [1.82, 2.24) is 10.3 Å². The van der Waals surface area contributed by atoms with Gasteiger partial charge in [-0.2, -0.15) is 0 Å². The van der Waals surface area contributed by atoms with Crippen molar-refractivity contribution in [3.63, 3.8) is 0 Å². The molecule has 0 aromatic carbocycles. The van der Waals surface area contributed by atoms with E-state index < -0.39 is 5.91 Å². The van der Waals surface area contributed by atoms with E-state index in [4.69, 9.17) is 5.73 Å². The number of aromatic nitrogens is 1. The predicted molar refractivity (Wildman–Crippen MR) is 97.0 cm³/mol. The molecule has 4 nitrogen and oxygen atoms in total. The van der Waals surface area contributed by atoms with Crippen LogP contribution in [-0.4, -0.2) is 16.9 Å². The number of rotatable bonds is 5. The fourth-order valence-corrected chi connectivity index (χ4v) is 4.37. The monoisotopic (exact) mass is 329 g/mol. The molecule has 1 aromatic rings. The molecule has 0 saturated heterocycles. The van der Waals surface area contributed by atoms with Crippen LogP contribution >= 0.6 is 0 Å². The summed E-state index contributed by atoms with van der Waals surface area (Å²) in [4.78, 5) is 16.3. The Morgan fingerprint density at radius 2 is 2.08 bits per heavy atom. The third kappa shape index (κ3) is 3.49. The van der Waals surface area contributed by atoms with Crippen LogP contribution in [0.15, 0.2) is 6.07 Å². The first-order valence-electron chi connectivity index (χ1n) is 9.45. The van der Waals surface area contributed by atoms with Gasteiger partial charge in [-0.05, 0) is 55.7 Å². The van der Waals surface area contributed by atoms with Crippen molar-refractivity contribution in [2.24, 2.45) is 11.7 Å². The highest BCUT2D eigenvalue weighted by molar-refractivity contribution is 5.91. The number of amides is 1. The molecule has 4 heteroatoms. The number of nitrogens with two attached hydrogens (primary N) is 1. The highest BCUT2D eigenvalue weighted by Crippen LogP contribution is 2.39. The number of pyridine rings is 1. The molecule has 132 valence electrons. The molecule has 0 spiro atoms. The van der Waals surface area contributed by atoms with Crippen molar-refractivity contribution in [1.29, 1.82) is 0 Å². The quantitative estimate of drug-likeness (QED) is 0.869. The van der Waals surface area contributed by atoms with Crippen LogP contribution in [-0.2, 0) is 18.4 Å². The van der Waals surface area contributed by atoms with Crippen molar-refractivity contribution in [3.8, 4) is 0 Å². The summed E-state index contributed by atoms with van der Waals surface area (Å²) >= 11 is 0. The van der Waals surface area contributed by atoms with Crippen LogP contribution in [0.4, 0.5) is 0 Å². The zero-order chi connectivity index (χ0) is 17.3. The van der Waals surface area contributed by atoms with Crippen LogP contribution in [0.25, 0.3) is 0 Å². The SMILES string of the molecule is C[C@H](NCc1cc(C(N)=O)nc2c1CCC2(C)C)C1CCCCC1. The third-order valence-corrected chi connectivity index (χ3v) is 6.08. The van der Waals surface area contributed by atoms with E-state index in [0.29, 0.717) is 11.7 Å². The number of carbonyl (C=O) groups is 1. The van der Waals surface area contributed by atoms with E-state index in [2.05, 4.69) is 31.1 Å². The summed E-state index contributed by atoms with van der Waals surface area (Å²) in [6.45, 7) is 7.52. The van der Waals surface area contributed by atoms with Gasteiger partial charge in [-0.3, -0.25) is 4.79 Å². The van der Waals surface area contributed by atoms with Gasteiger partial charge in [0.05, 0.1) is 5.69 Å². The zero-order valence-electron chi connectivity index (χ0n) is 15.3. The number of carbonyl (C=O) groups excluding carboxylic acids is 1. The standard InChI is InChI=1S/C20H31N3O/c1-13(14-7-5-4-6-8-14)22-12-15-11-17(19(21)24)23-18-16(15)9-10-20(18,2)3/h11,13-14,22H,4-10,12H2,1-3H3,(H2,21,24)/t13-/m0/s1. The minimum atomic E-state index is -0.429. The average molecular weight is 329 g/mol. The van der Waals surface area contributed by atoms with Crippen molar-refractivity contribution < 1.29 is 4.79 Å². The molecule has 3 rings (SSSR count). The Balaban J connectivity index is 1.79. The summed E-state index contributed by atoms with van der Waals surface area (Å²) in [6.07, 6.45) is 8.91. The summed E-state index contributed by atoms with van der Waals surface area (Å²) < 4.78 is 0. The Kier molecular flexibility index (Phi) is 4.95. The normalized spacial score (nSPS) is 21.5. The second kappa shape index (κ2) is 6.83. The second-order valence-corrected chi connectivity index (χ2v) is 8.31. The molecule has 3 N–H and O–H groups in total. The largest absolute Gasteiger partial charge is 0.364 e. The summed E-state index contributed by atoms with van der Waals surface area (Å²) in [5, 5.41) is 3.71. The highest BCUT2D eigenvalue weighted by Gasteiger charge is 2.34. The molecule has 0 bridgehead atoms. The van der Waals surface area contributed by atoms with Crippen molar-refractivity contribution in [2.45, 2.75) is 83.7 Å². The van der Waals surface area contributed by atoms with E-state index in [-0.39, 0.29) is 5.41 Å². The van der Waals surface area contributed by atoms with E-state index >= 15 is 0 Å². The maximum atomic E-state index is 11.7. The zero-order valence-corrected chi connectivity index (χ0v) is 15.3. The van der Waals surface area contributed by atoms with E-state index in [9.17, 15) is 4.79 Å². The van der Waals surface area contributed by atoms with E-state index in [1.54, 1.807) is 0 Å². The average Bonchev–Trinajstić information content (AvgIpc) is 2.88. The first-order chi connectivity index (χ1) is 11.4. The number of hydrogen-bond acceptors (Lipinski definition) is 3. The van der Waals surface area contributed by atoms with Crippen molar-refractivity contribution >= 4 is 5.91 Å².